The molecule has 0 saturated carbocycles. The quantitative estimate of drug-likeness (QED) is 0.758. The highest BCUT2D eigenvalue weighted by molar-refractivity contribution is 7.90. The summed E-state index contributed by atoms with van der Waals surface area (Å²) in [6.45, 7) is 1.73. The fourth-order valence-electron chi connectivity index (χ4n) is 2.19. The Bertz CT molecular complexity index is 1030. The minimum absolute atomic E-state index is 0.118. The van der Waals surface area contributed by atoms with Crippen molar-refractivity contribution in [2.45, 2.75) is 11.8 Å². The maximum atomic E-state index is 12.7. The predicted molar refractivity (Wildman–Crippen MR) is 95.4 cm³/mol. The molecule has 1 amide bonds. The Morgan fingerprint density at radius 1 is 1.20 bits per heavy atom. The second kappa shape index (κ2) is 6.70. The molecule has 2 aromatic heterocycles. The third-order valence-electron chi connectivity index (χ3n) is 3.53. The molecule has 0 aliphatic carbocycles. The molecule has 6 nitrogen and oxygen atoms in total. The highest BCUT2D eigenvalue weighted by Gasteiger charge is 2.18. The number of nitrogens with zero attached hydrogens (tertiary/aromatic N) is 2. The molecule has 8 heteroatoms. The highest BCUT2D eigenvalue weighted by atomic mass is 35.5. The van der Waals surface area contributed by atoms with E-state index in [1.807, 2.05) is 0 Å². The van der Waals surface area contributed by atoms with Gasteiger partial charge in [-0.3, -0.25) is 9.78 Å². The van der Waals surface area contributed by atoms with Gasteiger partial charge >= 0.3 is 0 Å². The number of aryl methyl sites for hydroxylation is 1. The first-order valence-electron chi connectivity index (χ1n) is 7.30. The van der Waals surface area contributed by atoms with Gasteiger partial charge in [-0.25, -0.2) is 12.4 Å². The summed E-state index contributed by atoms with van der Waals surface area (Å²) in [6.07, 6.45) is 4.21. The topological polar surface area (TPSA) is 81.1 Å². The average molecular weight is 376 g/mol. The lowest BCUT2D eigenvalue weighted by atomic mass is 10.2. The van der Waals surface area contributed by atoms with Crippen LogP contribution in [0.5, 0.6) is 0 Å². The third kappa shape index (κ3) is 3.57. The molecule has 1 aromatic carbocycles. The predicted octanol–water partition coefficient (Wildman–Crippen LogP) is 3.33. The summed E-state index contributed by atoms with van der Waals surface area (Å²) < 4.78 is 26.4. The van der Waals surface area contributed by atoms with Crippen LogP contribution in [0.15, 0.2) is 66.0 Å². The Labute approximate surface area is 150 Å². The number of rotatable bonds is 4. The zero-order valence-electron chi connectivity index (χ0n) is 13.2. The van der Waals surface area contributed by atoms with Crippen molar-refractivity contribution in [3.8, 4) is 0 Å². The maximum Gasteiger partial charge on any atom is 0.274 e. The number of benzene rings is 1. The monoisotopic (exact) mass is 375 g/mol. The summed E-state index contributed by atoms with van der Waals surface area (Å²) >= 11 is 5.94. The first kappa shape index (κ1) is 17.2. The van der Waals surface area contributed by atoms with Crippen LogP contribution in [-0.2, 0) is 10.0 Å². The molecule has 2 heterocycles. The van der Waals surface area contributed by atoms with Crippen molar-refractivity contribution < 1.29 is 13.2 Å². The summed E-state index contributed by atoms with van der Waals surface area (Å²) in [5, 5.41) is 3.11. The van der Waals surface area contributed by atoms with E-state index in [9.17, 15) is 13.2 Å². The van der Waals surface area contributed by atoms with Gasteiger partial charge < -0.3 is 5.32 Å². The molecule has 0 radical (unpaired) electrons. The van der Waals surface area contributed by atoms with E-state index in [0.717, 1.165) is 3.97 Å². The number of carbonyl (C=O) groups is 1. The van der Waals surface area contributed by atoms with Crippen LogP contribution in [0.1, 0.15) is 16.1 Å². The zero-order chi connectivity index (χ0) is 18.0. The van der Waals surface area contributed by atoms with Gasteiger partial charge in [-0.2, -0.15) is 0 Å². The van der Waals surface area contributed by atoms with Crippen LogP contribution >= 0.6 is 11.6 Å². The van der Waals surface area contributed by atoms with E-state index in [4.69, 9.17) is 11.6 Å². The van der Waals surface area contributed by atoms with Gasteiger partial charge in [-0.1, -0.05) is 17.7 Å². The largest absolute Gasteiger partial charge is 0.319 e. The van der Waals surface area contributed by atoms with E-state index < -0.39 is 15.9 Å². The van der Waals surface area contributed by atoms with E-state index in [0.29, 0.717) is 16.3 Å². The van der Waals surface area contributed by atoms with Crippen molar-refractivity contribution in [2.75, 3.05) is 5.32 Å². The SMILES string of the molecule is Cc1cc(S(=O)(=O)n2ccc(NC(=O)c3ccccn3)c2)ccc1Cl. The summed E-state index contributed by atoms with van der Waals surface area (Å²) in [5.74, 6) is -0.418. The summed E-state index contributed by atoms with van der Waals surface area (Å²) in [6, 6.07) is 11.0. The number of hydrogen-bond donors (Lipinski definition) is 1. The number of aromatic nitrogens is 2. The Morgan fingerprint density at radius 2 is 2.00 bits per heavy atom. The fraction of sp³-hybridized carbons (Fsp3) is 0.0588. The lowest BCUT2D eigenvalue weighted by Gasteiger charge is -2.07. The molecule has 0 spiro atoms. The van der Waals surface area contributed by atoms with Gasteiger partial charge in [0.1, 0.15) is 5.69 Å². The number of nitrogens with one attached hydrogen (secondary N) is 1. The van der Waals surface area contributed by atoms with Crippen LogP contribution in [0, 0.1) is 6.92 Å². The molecule has 0 atom stereocenters. The molecule has 3 aromatic rings. The summed E-state index contributed by atoms with van der Waals surface area (Å²) in [7, 11) is -3.77. The van der Waals surface area contributed by atoms with E-state index >= 15 is 0 Å². The lowest BCUT2D eigenvalue weighted by Crippen LogP contribution is -2.14. The van der Waals surface area contributed by atoms with Crippen LogP contribution < -0.4 is 5.32 Å². The molecule has 25 heavy (non-hydrogen) atoms. The Kier molecular flexibility index (Phi) is 4.61. The first-order chi connectivity index (χ1) is 11.9. The summed E-state index contributed by atoms with van der Waals surface area (Å²) in [4.78, 5) is 16.1. The second-order valence-corrected chi connectivity index (χ2v) is 7.57. The summed E-state index contributed by atoms with van der Waals surface area (Å²) in [5.41, 5.74) is 1.26. The number of carbonyl (C=O) groups excluding carboxylic acids is 1. The molecule has 0 bridgehead atoms. The van der Waals surface area contributed by atoms with Gasteiger partial charge in [0.25, 0.3) is 15.9 Å². The van der Waals surface area contributed by atoms with Crippen molar-refractivity contribution in [1.82, 2.24) is 8.96 Å². The van der Waals surface area contributed by atoms with Crippen molar-refractivity contribution in [1.29, 1.82) is 0 Å². The maximum absolute atomic E-state index is 12.7. The van der Waals surface area contributed by atoms with Crippen LogP contribution in [0.25, 0.3) is 0 Å². The van der Waals surface area contributed by atoms with Crippen LogP contribution in [0.3, 0.4) is 0 Å². The van der Waals surface area contributed by atoms with Crippen molar-refractivity contribution in [3.05, 3.63) is 77.3 Å². The van der Waals surface area contributed by atoms with Gasteiger partial charge in [0, 0.05) is 23.6 Å². The Morgan fingerprint density at radius 3 is 2.68 bits per heavy atom. The highest BCUT2D eigenvalue weighted by Crippen LogP contribution is 2.22. The van der Waals surface area contributed by atoms with Gasteiger partial charge in [0.05, 0.1) is 10.6 Å². The second-order valence-electron chi connectivity index (χ2n) is 5.32. The van der Waals surface area contributed by atoms with Gasteiger partial charge in [-0.15, -0.1) is 0 Å². The zero-order valence-corrected chi connectivity index (χ0v) is 14.8. The molecule has 3 rings (SSSR count). The molecular weight excluding hydrogens is 362 g/mol. The third-order valence-corrected chi connectivity index (χ3v) is 5.58. The molecular formula is C17H14ClN3O3S. The number of anilines is 1. The van der Waals surface area contributed by atoms with Crippen molar-refractivity contribution in [2.24, 2.45) is 0 Å². The minimum Gasteiger partial charge on any atom is -0.319 e. The van der Waals surface area contributed by atoms with Crippen molar-refractivity contribution >= 4 is 33.2 Å². The number of halogens is 1. The van der Waals surface area contributed by atoms with E-state index in [-0.39, 0.29) is 10.6 Å². The van der Waals surface area contributed by atoms with E-state index in [1.165, 1.54) is 42.9 Å². The van der Waals surface area contributed by atoms with Gasteiger partial charge in [-0.05, 0) is 48.9 Å². The van der Waals surface area contributed by atoms with E-state index in [2.05, 4.69) is 10.3 Å². The normalized spacial score (nSPS) is 11.3. The van der Waals surface area contributed by atoms with Crippen LogP contribution in [0.2, 0.25) is 5.02 Å². The molecule has 1 N–H and O–H groups in total. The molecule has 128 valence electrons. The number of amides is 1. The van der Waals surface area contributed by atoms with E-state index in [1.54, 1.807) is 25.1 Å². The van der Waals surface area contributed by atoms with Crippen molar-refractivity contribution in [3.63, 3.8) is 0 Å². The number of hydrogen-bond acceptors (Lipinski definition) is 4. The standard InChI is InChI=1S/C17H14ClN3O3S/c1-12-10-14(5-6-15(12)18)25(23,24)21-9-7-13(11-21)20-17(22)16-4-2-3-8-19-16/h2-11H,1H3,(H,20,22). The minimum atomic E-state index is -3.77. The first-order valence-corrected chi connectivity index (χ1v) is 9.12. The molecule has 0 aliphatic rings. The molecule has 0 fully saturated rings. The van der Waals surface area contributed by atoms with Crippen LogP contribution in [-0.4, -0.2) is 23.3 Å². The fourth-order valence-corrected chi connectivity index (χ4v) is 3.59. The lowest BCUT2D eigenvalue weighted by molar-refractivity contribution is 0.102. The molecule has 0 saturated heterocycles. The smallest absolute Gasteiger partial charge is 0.274 e. The molecule has 0 aliphatic heterocycles. The Balaban J connectivity index is 1.85. The Hall–Kier alpha value is -2.64. The van der Waals surface area contributed by atoms with Gasteiger partial charge in [0.2, 0.25) is 0 Å². The number of pyridine rings is 1. The van der Waals surface area contributed by atoms with Crippen LogP contribution in [0.4, 0.5) is 5.69 Å². The molecule has 0 unspecified atom stereocenters. The average Bonchev–Trinajstić information content (AvgIpc) is 3.07. The van der Waals surface area contributed by atoms with Gasteiger partial charge in [0.15, 0.2) is 0 Å².